The van der Waals surface area contributed by atoms with E-state index in [0.717, 1.165) is 16.7 Å². The maximum Gasteiger partial charge on any atom is 0.335 e. The number of aryl methyl sites for hydroxylation is 1. The number of aromatic carboxylic acids is 1. The van der Waals surface area contributed by atoms with E-state index in [0.29, 0.717) is 0 Å². The quantitative estimate of drug-likeness (QED) is 0.885. The third-order valence-electron chi connectivity index (χ3n) is 2.70. The van der Waals surface area contributed by atoms with Crippen molar-refractivity contribution in [2.24, 2.45) is 0 Å². The summed E-state index contributed by atoms with van der Waals surface area (Å²) in [5.74, 6) is -1.44. The summed E-state index contributed by atoms with van der Waals surface area (Å²) in [4.78, 5) is 10.8. The van der Waals surface area contributed by atoms with Gasteiger partial charge in [-0.2, -0.15) is 0 Å². The molecule has 2 aromatic rings. The van der Waals surface area contributed by atoms with Gasteiger partial charge in [-0.15, -0.1) is 0 Å². The Hall–Kier alpha value is -1.87. The molecular formula is C14H10ClFO2. The first-order valence-electron chi connectivity index (χ1n) is 5.28. The molecule has 2 nitrogen and oxygen atoms in total. The topological polar surface area (TPSA) is 37.3 Å². The van der Waals surface area contributed by atoms with Crippen LogP contribution < -0.4 is 0 Å². The fourth-order valence-electron chi connectivity index (χ4n) is 1.78. The van der Waals surface area contributed by atoms with Crippen LogP contribution in [0.15, 0.2) is 36.4 Å². The molecule has 0 atom stereocenters. The van der Waals surface area contributed by atoms with E-state index in [1.165, 1.54) is 18.2 Å². The molecular weight excluding hydrogens is 255 g/mol. The van der Waals surface area contributed by atoms with E-state index in [4.69, 9.17) is 16.7 Å². The maximum absolute atomic E-state index is 13.1. The van der Waals surface area contributed by atoms with Crippen molar-refractivity contribution in [2.45, 2.75) is 6.92 Å². The van der Waals surface area contributed by atoms with Crippen molar-refractivity contribution in [3.8, 4) is 11.1 Å². The fourth-order valence-corrected chi connectivity index (χ4v) is 1.96. The van der Waals surface area contributed by atoms with Gasteiger partial charge in [0.1, 0.15) is 5.82 Å². The second-order valence-corrected chi connectivity index (χ2v) is 4.37. The molecule has 2 aromatic carbocycles. The van der Waals surface area contributed by atoms with Crippen molar-refractivity contribution in [2.75, 3.05) is 0 Å². The second-order valence-electron chi connectivity index (χ2n) is 3.96. The third-order valence-corrected chi connectivity index (χ3v) is 2.99. The zero-order valence-corrected chi connectivity index (χ0v) is 10.3. The lowest BCUT2D eigenvalue weighted by molar-refractivity contribution is 0.0697. The molecule has 0 saturated heterocycles. The first-order valence-corrected chi connectivity index (χ1v) is 5.66. The Morgan fingerprint density at radius 1 is 1.22 bits per heavy atom. The lowest BCUT2D eigenvalue weighted by atomic mass is 9.98. The molecule has 0 aliphatic rings. The molecule has 0 aliphatic heterocycles. The highest BCUT2D eigenvalue weighted by Gasteiger charge is 2.08. The van der Waals surface area contributed by atoms with E-state index in [9.17, 15) is 9.18 Å². The Bertz CT molecular complexity index is 623. The van der Waals surface area contributed by atoms with Crippen LogP contribution in [0.4, 0.5) is 4.39 Å². The number of hydrogen-bond donors (Lipinski definition) is 1. The summed E-state index contributed by atoms with van der Waals surface area (Å²) in [6.45, 7) is 1.80. The van der Waals surface area contributed by atoms with Gasteiger partial charge in [-0.1, -0.05) is 23.7 Å². The molecule has 0 aromatic heterocycles. The molecule has 0 bridgehead atoms. The Kier molecular flexibility index (Phi) is 3.34. The van der Waals surface area contributed by atoms with Crippen LogP contribution in [0.1, 0.15) is 15.9 Å². The number of carbonyl (C=O) groups is 1. The van der Waals surface area contributed by atoms with Crippen LogP contribution in [0.25, 0.3) is 11.1 Å². The van der Waals surface area contributed by atoms with E-state index in [-0.39, 0.29) is 10.6 Å². The predicted molar refractivity (Wildman–Crippen MR) is 68.5 cm³/mol. The van der Waals surface area contributed by atoms with Gasteiger partial charge in [-0.3, -0.25) is 0 Å². The standard InChI is InChI=1S/C14H10ClFO2/c1-8-6-10(14(17)18)2-4-11(8)9-3-5-13(16)12(15)7-9/h2-7H,1H3,(H,17,18). The van der Waals surface area contributed by atoms with Gasteiger partial charge < -0.3 is 5.11 Å². The first kappa shape index (κ1) is 12.6. The van der Waals surface area contributed by atoms with Crippen LogP contribution in [0.2, 0.25) is 5.02 Å². The Morgan fingerprint density at radius 3 is 2.50 bits per heavy atom. The minimum atomic E-state index is -0.971. The monoisotopic (exact) mass is 264 g/mol. The maximum atomic E-state index is 13.1. The predicted octanol–water partition coefficient (Wildman–Crippen LogP) is 4.15. The molecule has 0 fully saturated rings. The minimum absolute atomic E-state index is 0.0502. The molecule has 0 spiro atoms. The fraction of sp³-hybridized carbons (Fsp3) is 0.0714. The average Bonchev–Trinajstić information content (AvgIpc) is 2.32. The molecule has 0 saturated carbocycles. The molecule has 0 radical (unpaired) electrons. The van der Waals surface area contributed by atoms with Gasteiger partial charge in [-0.05, 0) is 47.9 Å². The summed E-state index contributed by atoms with van der Waals surface area (Å²) in [5, 5.41) is 8.93. The van der Waals surface area contributed by atoms with Crippen LogP contribution >= 0.6 is 11.6 Å². The van der Waals surface area contributed by atoms with Gasteiger partial charge >= 0.3 is 5.97 Å². The van der Waals surface area contributed by atoms with E-state index in [1.807, 2.05) is 0 Å². The molecule has 4 heteroatoms. The molecule has 2 rings (SSSR count). The number of carboxylic acids is 1. The molecule has 0 aliphatic carbocycles. The van der Waals surface area contributed by atoms with Crippen molar-refractivity contribution >= 4 is 17.6 Å². The Balaban J connectivity index is 2.51. The van der Waals surface area contributed by atoms with Crippen LogP contribution in [0.3, 0.4) is 0 Å². The number of carboxylic acid groups (broad SMARTS) is 1. The van der Waals surface area contributed by atoms with Crippen molar-refractivity contribution in [1.82, 2.24) is 0 Å². The van der Waals surface area contributed by atoms with Crippen molar-refractivity contribution < 1.29 is 14.3 Å². The van der Waals surface area contributed by atoms with Gasteiger partial charge in [0, 0.05) is 0 Å². The molecule has 1 N–H and O–H groups in total. The molecule has 0 heterocycles. The van der Waals surface area contributed by atoms with E-state index < -0.39 is 11.8 Å². The second kappa shape index (κ2) is 4.78. The minimum Gasteiger partial charge on any atom is -0.478 e. The molecule has 0 amide bonds. The Morgan fingerprint density at radius 2 is 1.94 bits per heavy atom. The normalized spacial score (nSPS) is 10.4. The molecule has 0 unspecified atom stereocenters. The first-order chi connectivity index (χ1) is 8.49. The van der Waals surface area contributed by atoms with Gasteiger partial charge in [0.2, 0.25) is 0 Å². The highest BCUT2D eigenvalue weighted by atomic mass is 35.5. The van der Waals surface area contributed by atoms with Crippen molar-refractivity contribution in [1.29, 1.82) is 0 Å². The zero-order chi connectivity index (χ0) is 13.3. The van der Waals surface area contributed by atoms with E-state index >= 15 is 0 Å². The van der Waals surface area contributed by atoms with E-state index in [2.05, 4.69) is 0 Å². The Labute approximate surface area is 109 Å². The number of hydrogen-bond acceptors (Lipinski definition) is 1. The highest BCUT2D eigenvalue weighted by Crippen LogP contribution is 2.28. The van der Waals surface area contributed by atoms with Gasteiger partial charge in [0.05, 0.1) is 10.6 Å². The van der Waals surface area contributed by atoms with Crippen LogP contribution in [-0.2, 0) is 0 Å². The summed E-state index contributed by atoms with van der Waals surface area (Å²) in [5.41, 5.74) is 2.62. The lowest BCUT2D eigenvalue weighted by Gasteiger charge is -2.08. The summed E-state index contributed by atoms with van der Waals surface area (Å²) in [7, 11) is 0. The largest absolute Gasteiger partial charge is 0.478 e. The van der Waals surface area contributed by atoms with Gasteiger partial charge in [-0.25, -0.2) is 9.18 Å². The lowest BCUT2D eigenvalue weighted by Crippen LogP contribution is -1.97. The van der Waals surface area contributed by atoms with Crippen LogP contribution in [-0.4, -0.2) is 11.1 Å². The number of halogens is 2. The molecule has 18 heavy (non-hydrogen) atoms. The smallest absolute Gasteiger partial charge is 0.335 e. The molecule has 92 valence electrons. The summed E-state index contributed by atoms with van der Waals surface area (Å²) < 4.78 is 13.1. The van der Waals surface area contributed by atoms with Crippen LogP contribution in [0.5, 0.6) is 0 Å². The van der Waals surface area contributed by atoms with Crippen molar-refractivity contribution in [3.63, 3.8) is 0 Å². The average molecular weight is 265 g/mol. The summed E-state index contributed by atoms with van der Waals surface area (Å²) in [6.07, 6.45) is 0. The third kappa shape index (κ3) is 2.36. The summed E-state index contributed by atoms with van der Waals surface area (Å²) >= 11 is 5.73. The highest BCUT2D eigenvalue weighted by molar-refractivity contribution is 6.31. The zero-order valence-electron chi connectivity index (χ0n) is 9.58. The van der Waals surface area contributed by atoms with E-state index in [1.54, 1.807) is 25.1 Å². The number of benzene rings is 2. The SMILES string of the molecule is Cc1cc(C(=O)O)ccc1-c1ccc(F)c(Cl)c1. The van der Waals surface area contributed by atoms with Crippen molar-refractivity contribution in [3.05, 3.63) is 58.4 Å². The van der Waals surface area contributed by atoms with Gasteiger partial charge in [0.25, 0.3) is 0 Å². The van der Waals surface area contributed by atoms with Gasteiger partial charge in [0.15, 0.2) is 0 Å². The summed E-state index contributed by atoms with van der Waals surface area (Å²) in [6, 6.07) is 9.23. The number of rotatable bonds is 2. The van der Waals surface area contributed by atoms with Crippen LogP contribution in [0, 0.1) is 12.7 Å².